The van der Waals surface area contributed by atoms with Gasteiger partial charge < -0.3 is 5.11 Å². The molecule has 1 aromatic heterocycles. The second-order valence-electron chi connectivity index (χ2n) is 4.49. The maximum absolute atomic E-state index is 11.5. The maximum atomic E-state index is 11.5. The first kappa shape index (κ1) is 13.2. The quantitative estimate of drug-likeness (QED) is 0.843. The topological polar surface area (TPSA) is 88.0 Å². The molecule has 0 radical (unpaired) electrons. The number of rotatable bonds is 5. The third-order valence-electron chi connectivity index (χ3n) is 3.20. The van der Waals surface area contributed by atoms with Crippen molar-refractivity contribution >= 4 is 17.7 Å². The molecule has 0 aromatic carbocycles. The minimum absolute atomic E-state index is 0.0216. The van der Waals surface area contributed by atoms with Crippen molar-refractivity contribution in [2.45, 2.75) is 49.6 Å². The number of nitrogens with one attached hydrogen (secondary N) is 1. The number of aromatic nitrogens is 3. The molecule has 0 saturated heterocycles. The van der Waals surface area contributed by atoms with Gasteiger partial charge in [-0.2, -0.15) is 0 Å². The maximum Gasteiger partial charge on any atom is 0.343 e. The number of nitrogens with zero attached hydrogens (tertiary/aromatic N) is 2. The Labute approximate surface area is 109 Å². The summed E-state index contributed by atoms with van der Waals surface area (Å²) in [5.41, 5.74) is -0.218. The van der Waals surface area contributed by atoms with Crippen molar-refractivity contribution in [3.63, 3.8) is 0 Å². The van der Waals surface area contributed by atoms with Crippen molar-refractivity contribution in [3.8, 4) is 0 Å². The minimum Gasteiger partial charge on any atom is -0.481 e. The molecule has 0 amide bonds. The van der Waals surface area contributed by atoms with Gasteiger partial charge in [-0.25, -0.2) is 9.89 Å². The van der Waals surface area contributed by atoms with E-state index < -0.39 is 5.97 Å². The second kappa shape index (κ2) is 5.60. The number of aromatic amines is 1. The number of aliphatic carboxylic acids is 1. The highest BCUT2D eigenvalue weighted by molar-refractivity contribution is 7.99. The third-order valence-corrected chi connectivity index (χ3v) is 4.59. The Balaban J connectivity index is 2.14. The molecule has 6 nitrogen and oxygen atoms in total. The summed E-state index contributed by atoms with van der Waals surface area (Å²) in [4.78, 5) is 22.6. The van der Waals surface area contributed by atoms with Gasteiger partial charge in [0.15, 0.2) is 5.16 Å². The van der Waals surface area contributed by atoms with Crippen LogP contribution in [0.5, 0.6) is 0 Å². The average Bonchev–Trinajstić information content (AvgIpc) is 2.91. The van der Waals surface area contributed by atoms with Crippen LogP contribution < -0.4 is 5.69 Å². The summed E-state index contributed by atoms with van der Waals surface area (Å²) in [5, 5.41) is 16.2. The van der Waals surface area contributed by atoms with Gasteiger partial charge in [-0.3, -0.25) is 9.36 Å². The molecule has 2 N–H and O–H groups in total. The van der Waals surface area contributed by atoms with E-state index in [9.17, 15) is 9.59 Å². The van der Waals surface area contributed by atoms with E-state index in [0.29, 0.717) is 11.7 Å². The number of carboxylic acid groups (broad SMARTS) is 1. The van der Waals surface area contributed by atoms with E-state index in [0.717, 1.165) is 25.7 Å². The van der Waals surface area contributed by atoms with Gasteiger partial charge in [0.2, 0.25) is 0 Å². The molecule has 0 aliphatic heterocycles. The van der Waals surface area contributed by atoms with Crippen LogP contribution >= 0.6 is 11.8 Å². The molecule has 2 unspecified atom stereocenters. The molecule has 1 aromatic rings. The van der Waals surface area contributed by atoms with E-state index >= 15 is 0 Å². The molecular weight excluding hydrogens is 254 g/mol. The highest BCUT2D eigenvalue weighted by Gasteiger charge is 2.34. The summed E-state index contributed by atoms with van der Waals surface area (Å²) in [6, 6.07) is 0. The predicted molar refractivity (Wildman–Crippen MR) is 67.8 cm³/mol. The van der Waals surface area contributed by atoms with E-state index in [1.54, 1.807) is 4.57 Å². The van der Waals surface area contributed by atoms with Crippen molar-refractivity contribution in [1.82, 2.24) is 14.8 Å². The zero-order chi connectivity index (χ0) is 13.1. The van der Waals surface area contributed by atoms with Crippen LogP contribution in [0, 0.1) is 5.92 Å². The molecule has 1 aliphatic rings. The molecule has 18 heavy (non-hydrogen) atoms. The lowest BCUT2D eigenvalue weighted by molar-refractivity contribution is -0.141. The van der Waals surface area contributed by atoms with E-state index in [1.165, 1.54) is 11.8 Å². The molecule has 100 valence electrons. The fourth-order valence-electron chi connectivity index (χ4n) is 2.30. The smallest absolute Gasteiger partial charge is 0.343 e. The molecule has 2 rings (SSSR count). The number of thioether (sulfide) groups is 1. The van der Waals surface area contributed by atoms with E-state index in [-0.39, 0.29) is 16.9 Å². The Hall–Kier alpha value is -1.24. The number of H-pyrrole nitrogens is 1. The Morgan fingerprint density at radius 2 is 2.39 bits per heavy atom. The van der Waals surface area contributed by atoms with Gasteiger partial charge in [0.05, 0.1) is 5.92 Å². The van der Waals surface area contributed by atoms with Gasteiger partial charge in [0.1, 0.15) is 0 Å². The molecule has 0 bridgehead atoms. The SMILES string of the molecule is CCCn1c(SC2CCCC2C(=O)O)n[nH]c1=O. The summed E-state index contributed by atoms with van der Waals surface area (Å²) >= 11 is 1.41. The van der Waals surface area contributed by atoms with Gasteiger partial charge in [0.25, 0.3) is 0 Å². The van der Waals surface area contributed by atoms with Crippen LogP contribution in [0.15, 0.2) is 9.95 Å². The molecule has 1 fully saturated rings. The highest BCUT2D eigenvalue weighted by atomic mass is 32.2. The predicted octanol–water partition coefficient (Wildman–Crippen LogP) is 1.33. The van der Waals surface area contributed by atoms with Crippen molar-refractivity contribution in [3.05, 3.63) is 10.5 Å². The summed E-state index contributed by atoms with van der Waals surface area (Å²) in [6.07, 6.45) is 3.36. The average molecular weight is 271 g/mol. The van der Waals surface area contributed by atoms with Crippen molar-refractivity contribution < 1.29 is 9.90 Å². The fourth-order valence-corrected chi connectivity index (χ4v) is 3.67. The van der Waals surface area contributed by atoms with Gasteiger partial charge in [-0.1, -0.05) is 25.1 Å². The van der Waals surface area contributed by atoms with Gasteiger partial charge in [0, 0.05) is 11.8 Å². The first-order valence-corrected chi connectivity index (χ1v) is 7.06. The fraction of sp³-hybridized carbons (Fsp3) is 0.727. The van der Waals surface area contributed by atoms with E-state index in [2.05, 4.69) is 10.2 Å². The molecule has 1 heterocycles. The number of carboxylic acids is 1. The lowest BCUT2D eigenvalue weighted by Crippen LogP contribution is -2.22. The molecule has 1 aliphatic carbocycles. The molecular formula is C11H17N3O3S. The van der Waals surface area contributed by atoms with Gasteiger partial charge >= 0.3 is 11.7 Å². The number of hydrogen-bond acceptors (Lipinski definition) is 4. The van der Waals surface area contributed by atoms with Gasteiger partial charge in [-0.15, -0.1) is 5.10 Å². The summed E-state index contributed by atoms with van der Waals surface area (Å²) < 4.78 is 1.59. The van der Waals surface area contributed by atoms with Crippen LogP contribution in [0.2, 0.25) is 0 Å². The van der Waals surface area contributed by atoms with Crippen LogP contribution in [0.25, 0.3) is 0 Å². The van der Waals surface area contributed by atoms with E-state index in [4.69, 9.17) is 5.11 Å². The zero-order valence-corrected chi connectivity index (χ0v) is 11.1. The molecule has 1 saturated carbocycles. The minimum atomic E-state index is -0.745. The second-order valence-corrected chi connectivity index (χ2v) is 5.70. The third kappa shape index (κ3) is 2.60. The molecule has 7 heteroatoms. The first-order chi connectivity index (χ1) is 8.63. The number of carbonyl (C=O) groups is 1. The first-order valence-electron chi connectivity index (χ1n) is 6.18. The van der Waals surface area contributed by atoms with Crippen LogP contribution in [-0.4, -0.2) is 31.1 Å². The van der Waals surface area contributed by atoms with Gasteiger partial charge in [-0.05, 0) is 19.3 Å². The van der Waals surface area contributed by atoms with Crippen molar-refractivity contribution in [2.24, 2.45) is 5.92 Å². The van der Waals surface area contributed by atoms with Crippen LogP contribution in [-0.2, 0) is 11.3 Å². The van der Waals surface area contributed by atoms with Crippen molar-refractivity contribution in [2.75, 3.05) is 0 Å². The Morgan fingerprint density at radius 3 is 3.06 bits per heavy atom. The Bertz CT molecular complexity index is 482. The Morgan fingerprint density at radius 1 is 1.61 bits per heavy atom. The summed E-state index contributed by atoms with van der Waals surface area (Å²) in [6.45, 7) is 2.60. The van der Waals surface area contributed by atoms with Crippen LogP contribution in [0.4, 0.5) is 0 Å². The summed E-state index contributed by atoms with van der Waals surface area (Å²) in [7, 11) is 0. The molecule has 2 atom stereocenters. The van der Waals surface area contributed by atoms with Crippen molar-refractivity contribution in [1.29, 1.82) is 0 Å². The Kier molecular flexibility index (Phi) is 4.11. The standard InChI is InChI=1S/C11H17N3O3S/c1-2-6-14-10(17)12-13-11(14)18-8-5-3-4-7(8)9(15)16/h7-8H,2-6H2,1H3,(H,12,17)(H,15,16). The lowest BCUT2D eigenvalue weighted by Gasteiger charge is -2.14. The zero-order valence-electron chi connectivity index (χ0n) is 10.3. The van der Waals surface area contributed by atoms with Crippen LogP contribution in [0.3, 0.4) is 0 Å². The molecule has 0 spiro atoms. The normalized spacial score (nSPS) is 23.4. The highest BCUT2D eigenvalue weighted by Crippen LogP contribution is 2.38. The number of hydrogen-bond donors (Lipinski definition) is 2. The van der Waals surface area contributed by atoms with E-state index in [1.807, 2.05) is 6.92 Å². The summed E-state index contributed by atoms with van der Waals surface area (Å²) in [5.74, 6) is -1.07. The van der Waals surface area contributed by atoms with Crippen LogP contribution in [0.1, 0.15) is 32.6 Å². The monoisotopic (exact) mass is 271 g/mol. The largest absolute Gasteiger partial charge is 0.481 e. The lowest BCUT2D eigenvalue weighted by atomic mass is 10.1.